The van der Waals surface area contributed by atoms with Crippen LogP contribution in [0.2, 0.25) is 0 Å². The first-order valence-corrected chi connectivity index (χ1v) is 9.57. The van der Waals surface area contributed by atoms with Crippen molar-refractivity contribution in [3.8, 4) is 0 Å². The number of nitrogens with zero attached hydrogens (tertiary/aromatic N) is 3. The van der Waals surface area contributed by atoms with Crippen molar-refractivity contribution < 1.29 is 4.79 Å². The van der Waals surface area contributed by atoms with Gasteiger partial charge in [-0.1, -0.05) is 26.7 Å². The lowest BCUT2D eigenvalue weighted by Gasteiger charge is -2.26. The molecule has 1 amide bonds. The minimum atomic E-state index is 0.120. The fourth-order valence-corrected chi connectivity index (χ4v) is 3.47. The van der Waals surface area contributed by atoms with Crippen molar-refractivity contribution in [2.24, 2.45) is 5.92 Å². The average Bonchev–Trinajstić information content (AvgIpc) is 2.71. The molecule has 2 rings (SSSR count). The van der Waals surface area contributed by atoms with Crippen molar-refractivity contribution in [3.63, 3.8) is 0 Å². The molecule has 4 nitrogen and oxygen atoms in total. The SMILES string of the molecule is CCCCN(CCCC)CCC1Cc2ncccc2C(=O)N(C)C1. The summed E-state index contributed by atoms with van der Waals surface area (Å²) in [5.74, 6) is 0.621. The Labute approximate surface area is 147 Å². The zero-order valence-corrected chi connectivity index (χ0v) is 15.6. The van der Waals surface area contributed by atoms with Gasteiger partial charge in [-0.05, 0) is 63.4 Å². The third kappa shape index (κ3) is 5.30. The van der Waals surface area contributed by atoms with E-state index in [2.05, 4.69) is 23.7 Å². The Morgan fingerprint density at radius 3 is 2.58 bits per heavy atom. The molecule has 0 saturated heterocycles. The molecule has 1 aromatic rings. The normalized spacial score (nSPS) is 17.9. The molecular formula is C20H33N3O. The van der Waals surface area contributed by atoms with Gasteiger partial charge in [0, 0.05) is 19.8 Å². The molecule has 0 spiro atoms. The summed E-state index contributed by atoms with van der Waals surface area (Å²) in [6.45, 7) is 8.89. The number of aromatic nitrogens is 1. The van der Waals surface area contributed by atoms with E-state index >= 15 is 0 Å². The number of amides is 1. The summed E-state index contributed by atoms with van der Waals surface area (Å²) in [6, 6.07) is 3.78. The molecule has 1 aromatic heterocycles. The molecule has 0 N–H and O–H groups in total. The van der Waals surface area contributed by atoms with E-state index in [9.17, 15) is 4.79 Å². The lowest BCUT2D eigenvalue weighted by molar-refractivity contribution is 0.0777. The standard InChI is InChI=1S/C20H33N3O/c1-4-6-12-23(13-7-5-2)14-10-17-15-19-18(9-8-11-21-19)20(24)22(3)16-17/h8-9,11,17H,4-7,10,12-16H2,1-3H3. The number of hydrogen-bond donors (Lipinski definition) is 0. The van der Waals surface area contributed by atoms with E-state index in [1.807, 2.05) is 30.3 Å². The van der Waals surface area contributed by atoms with Crippen LogP contribution in [0.4, 0.5) is 0 Å². The lowest BCUT2D eigenvalue weighted by Crippen LogP contribution is -2.33. The Balaban J connectivity index is 1.97. The van der Waals surface area contributed by atoms with E-state index in [0.29, 0.717) is 5.92 Å². The second-order valence-electron chi connectivity index (χ2n) is 7.09. The molecule has 1 aliphatic rings. The summed E-state index contributed by atoms with van der Waals surface area (Å²) in [5, 5.41) is 0. The zero-order chi connectivity index (χ0) is 17.4. The summed E-state index contributed by atoms with van der Waals surface area (Å²) in [7, 11) is 1.92. The number of hydrogen-bond acceptors (Lipinski definition) is 3. The molecule has 2 heterocycles. The zero-order valence-electron chi connectivity index (χ0n) is 15.6. The molecule has 1 atom stereocenters. The van der Waals surface area contributed by atoms with Crippen LogP contribution in [0, 0.1) is 5.92 Å². The Bertz CT molecular complexity index is 509. The number of fused-ring (bicyclic) bond motifs is 1. The molecule has 24 heavy (non-hydrogen) atoms. The van der Waals surface area contributed by atoms with Gasteiger partial charge < -0.3 is 9.80 Å². The molecule has 0 aromatic carbocycles. The van der Waals surface area contributed by atoms with Crippen molar-refractivity contribution in [2.75, 3.05) is 33.2 Å². The van der Waals surface area contributed by atoms with Crippen molar-refractivity contribution in [1.82, 2.24) is 14.8 Å². The van der Waals surface area contributed by atoms with E-state index in [4.69, 9.17) is 0 Å². The van der Waals surface area contributed by atoms with Crippen molar-refractivity contribution in [1.29, 1.82) is 0 Å². The van der Waals surface area contributed by atoms with Gasteiger partial charge in [0.2, 0.25) is 0 Å². The molecule has 1 unspecified atom stereocenters. The number of unbranched alkanes of at least 4 members (excludes halogenated alkanes) is 2. The predicted octanol–water partition coefficient (Wildman–Crippen LogP) is 3.62. The van der Waals surface area contributed by atoms with E-state index < -0.39 is 0 Å². The average molecular weight is 332 g/mol. The van der Waals surface area contributed by atoms with Crippen LogP contribution in [0.5, 0.6) is 0 Å². The second kappa shape index (κ2) is 9.77. The molecule has 0 radical (unpaired) electrons. The molecule has 0 fully saturated rings. The van der Waals surface area contributed by atoms with Crippen LogP contribution in [0.1, 0.15) is 62.0 Å². The molecular weight excluding hydrogens is 298 g/mol. The largest absolute Gasteiger partial charge is 0.341 e. The maximum Gasteiger partial charge on any atom is 0.255 e. The van der Waals surface area contributed by atoms with Crippen LogP contribution in [0.25, 0.3) is 0 Å². The molecule has 4 heteroatoms. The summed E-state index contributed by atoms with van der Waals surface area (Å²) < 4.78 is 0. The molecule has 0 bridgehead atoms. The van der Waals surface area contributed by atoms with Crippen LogP contribution < -0.4 is 0 Å². The minimum Gasteiger partial charge on any atom is -0.341 e. The van der Waals surface area contributed by atoms with Gasteiger partial charge in [-0.15, -0.1) is 0 Å². The van der Waals surface area contributed by atoms with Crippen LogP contribution in [-0.4, -0.2) is 53.9 Å². The third-order valence-corrected chi connectivity index (χ3v) is 4.99. The van der Waals surface area contributed by atoms with Gasteiger partial charge in [-0.25, -0.2) is 0 Å². The monoisotopic (exact) mass is 331 g/mol. The van der Waals surface area contributed by atoms with Gasteiger partial charge in [0.25, 0.3) is 5.91 Å². The summed E-state index contributed by atoms with van der Waals surface area (Å²) >= 11 is 0. The molecule has 134 valence electrons. The maximum absolute atomic E-state index is 12.5. The highest BCUT2D eigenvalue weighted by Crippen LogP contribution is 2.22. The second-order valence-corrected chi connectivity index (χ2v) is 7.09. The molecule has 0 aliphatic carbocycles. The predicted molar refractivity (Wildman–Crippen MR) is 99.3 cm³/mol. The van der Waals surface area contributed by atoms with Gasteiger partial charge in [-0.2, -0.15) is 0 Å². The first kappa shape index (κ1) is 18.9. The number of carbonyl (C=O) groups excluding carboxylic acids is 1. The number of carbonyl (C=O) groups is 1. The Morgan fingerprint density at radius 2 is 1.92 bits per heavy atom. The highest BCUT2D eigenvalue weighted by atomic mass is 16.2. The first-order chi connectivity index (χ1) is 11.7. The Hall–Kier alpha value is -1.42. The third-order valence-electron chi connectivity index (χ3n) is 4.99. The molecule has 0 saturated carbocycles. The Morgan fingerprint density at radius 1 is 1.21 bits per heavy atom. The quantitative estimate of drug-likeness (QED) is 0.693. The number of rotatable bonds is 9. The number of pyridine rings is 1. The minimum absolute atomic E-state index is 0.120. The van der Waals surface area contributed by atoms with Crippen LogP contribution >= 0.6 is 0 Å². The maximum atomic E-state index is 12.5. The van der Waals surface area contributed by atoms with Crippen molar-refractivity contribution in [3.05, 3.63) is 29.6 Å². The summed E-state index contributed by atoms with van der Waals surface area (Å²) in [6.07, 6.45) is 8.92. The summed E-state index contributed by atoms with van der Waals surface area (Å²) in [4.78, 5) is 21.4. The van der Waals surface area contributed by atoms with Gasteiger partial charge in [0.1, 0.15) is 0 Å². The first-order valence-electron chi connectivity index (χ1n) is 9.57. The van der Waals surface area contributed by atoms with Gasteiger partial charge in [0.05, 0.1) is 11.3 Å². The Kier molecular flexibility index (Phi) is 7.70. The van der Waals surface area contributed by atoms with Gasteiger partial charge in [0.15, 0.2) is 0 Å². The molecule has 1 aliphatic heterocycles. The van der Waals surface area contributed by atoms with Crippen LogP contribution in [0.15, 0.2) is 18.3 Å². The summed E-state index contributed by atoms with van der Waals surface area (Å²) in [5.41, 5.74) is 1.77. The van der Waals surface area contributed by atoms with Crippen molar-refractivity contribution in [2.45, 2.75) is 52.4 Å². The van der Waals surface area contributed by atoms with Crippen LogP contribution in [0.3, 0.4) is 0 Å². The fraction of sp³-hybridized carbons (Fsp3) is 0.700. The highest BCUT2D eigenvalue weighted by molar-refractivity contribution is 5.95. The fourth-order valence-electron chi connectivity index (χ4n) is 3.47. The smallest absolute Gasteiger partial charge is 0.255 e. The van der Waals surface area contributed by atoms with E-state index in [-0.39, 0.29) is 5.91 Å². The van der Waals surface area contributed by atoms with Crippen LogP contribution in [-0.2, 0) is 6.42 Å². The van der Waals surface area contributed by atoms with E-state index in [0.717, 1.165) is 37.2 Å². The van der Waals surface area contributed by atoms with Crippen molar-refractivity contribution >= 4 is 5.91 Å². The van der Waals surface area contributed by atoms with Gasteiger partial charge >= 0.3 is 0 Å². The lowest BCUT2D eigenvalue weighted by atomic mass is 9.98. The van der Waals surface area contributed by atoms with E-state index in [1.165, 1.54) is 38.8 Å². The van der Waals surface area contributed by atoms with Gasteiger partial charge in [-0.3, -0.25) is 9.78 Å². The highest BCUT2D eigenvalue weighted by Gasteiger charge is 2.26. The topological polar surface area (TPSA) is 36.4 Å². The van der Waals surface area contributed by atoms with E-state index in [1.54, 1.807) is 0 Å².